The van der Waals surface area contributed by atoms with Gasteiger partial charge in [-0.1, -0.05) is 19.1 Å². The van der Waals surface area contributed by atoms with Crippen LogP contribution in [-0.4, -0.2) is 20.5 Å². The van der Waals surface area contributed by atoms with Crippen LogP contribution in [0.3, 0.4) is 0 Å². The number of rotatable bonds is 6. The van der Waals surface area contributed by atoms with Crippen LogP contribution in [0, 0.1) is 0 Å². The van der Waals surface area contributed by atoms with Crippen molar-refractivity contribution in [3.05, 3.63) is 42.0 Å². The van der Waals surface area contributed by atoms with Gasteiger partial charge in [0, 0.05) is 23.4 Å². The number of hydrogen-bond acceptors (Lipinski definition) is 4. The molecule has 0 aliphatic rings. The first kappa shape index (κ1) is 15.1. The molecule has 4 nitrogen and oxygen atoms in total. The topological polar surface area (TPSA) is 56.7 Å². The average molecular weight is 290 g/mol. The molecule has 1 unspecified atom stereocenters. The van der Waals surface area contributed by atoms with E-state index in [0.717, 1.165) is 17.1 Å². The summed E-state index contributed by atoms with van der Waals surface area (Å²) in [5, 5.41) is 4.25. The first-order valence-electron chi connectivity index (χ1n) is 6.98. The van der Waals surface area contributed by atoms with Crippen LogP contribution in [-0.2, 0) is 6.42 Å². The summed E-state index contributed by atoms with van der Waals surface area (Å²) in [7, 11) is 0. The highest BCUT2D eigenvalue weighted by Crippen LogP contribution is 2.21. The fourth-order valence-corrected chi connectivity index (χ4v) is 2.81. The third-order valence-electron chi connectivity index (χ3n) is 3.16. The van der Waals surface area contributed by atoms with Crippen LogP contribution in [0.4, 0.5) is 0 Å². The summed E-state index contributed by atoms with van der Waals surface area (Å²) >= 11 is 1.84. The van der Waals surface area contributed by atoms with E-state index in [1.807, 2.05) is 16.4 Å². The van der Waals surface area contributed by atoms with Crippen LogP contribution in [0.5, 0.6) is 0 Å². The zero-order chi connectivity index (χ0) is 14.5. The maximum Gasteiger partial charge on any atom is 0.138 e. The Bertz CT molecular complexity index is 533. The van der Waals surface area contributed by atoms with E-state index in [2.05, 4.69) is 55.1 Å². The number of benzene rings is 1. The number of nitrogens with two attached hydrogens (primary N) is 1. The second kappa shape index (κ2) is 6.90. The van der Waals surface area contributed by atoms with Gasteiger partial charge in [0.25, 0.3) is 0 Å². The van der Waals surface area contributed by atoms with Gasteiger partial charge in [0.2, 0.25) is 0 Å². The Morgan fingerprint density at radius 2 is 1.95 bits per heavy atom. The summed E-state index contributed by atoms with van der Waals surface area (Å²) < 4.78 is 1.93. The van der Waals surface area contributed by atoms with Crippen LogP contribution in [0.15, 0.2) is 35.5 Å². The maximum absolute atomic E-state index is 6.29. The number of thioether (sulfide) groups is 1. The molecule has 20 heavy (non-hydrogen) atoms. The minimum atomic E-state index is -0.0441. The van der Waals surface area contributed by atoms with Crippen molar-refractivity contribution in [2.45, 2.75) is 44.2 Å². The zero-order valence-corrected chi connectivity index (χ0v) is 13.1. The molecular weight excluding hydrogens is 268 g/mol. The van der Waals surface area contributed by atoms with Crippen LogP contribution in [0.25, 0.3) is 0 Å². The molecule has 0 fully saturated rings. The molecule has 0 saturated carbocycles. The van der Waals surface area contributed by atoms with E-state index in [0.29, 0.717) is 12.5 Å². The molecule has 0 radical (unpaired) electrons. The van der Waals surface area contributed by atoms with Gasteiger partial charge in [-0.3, -0.25) is 0 Å². The van der Waals surface area contributed by atoms with Crippen molar-refractivity contribution in [1.82, 2.24) is 14.8 Å². The van der Waals surface area contributed by atoms with Gasteiger partial charge in [-0.2, -0.15) is 5.10 Å². The molecule has 0 aliphatic heterocycles. The Kier molecular flexibility index (Phi) is 5.20. The van der Waals surface area contributed by atoms with Crippen LogP contribution < -0.4 is 5.73 Å². The van der Waals surface area contributed by atoms with Crippen molar-refractivity contribution in [2.24, 2.45) is 5.73 Å². The number of nitrogens with zero attached hydrogens (tertiary/aromatic N) is 3. The van der Waals surface area contributed by atoms with Crippen molar-refractivity contribution in [3.8, 4) is 0 Å². The lowest BCUT2D eigenvalue weighted by Gasteiger charge is -2.14. The van der Waals surface area contributed by atoms with E-state index in [9.17, 15) is 0 Å². The molecule has 1 heterocycles. The summed E-state index contributed by atoms with van der Waals surface area (Å²) in [6, 6.07) is 8.75. The summed E-state index contributed by atoms with van der Waals surface area (Å²) in [5.74, 6) is 2.03. The van der Waals surface area contributed by atoms with E-state index in [1.54, 1.807) is 6.33 Å². The lowest BCUT2D eigenvalue weighted by molar-refractivity contribution is 0.493. The molecule has 0 spiro atoms. The van der Waals surface area contributed by atoms with Gasteiger partial charge in [0.15, 0.2) is 0 Å². The molecule has 0 amide bonds. The minimum Gasteiger partial charge on any atom is -0.324 e. The third kappa shape index (κ3) is 3.61. The van der Waals surface area contributed by atoms with Crippen LogP contribution in [0.2, 0.25) is 0 Å². The first-order chi connectivity index (χ1) is 9.61. The van der Waals surface area contributed by atoms with Crippen molar-refractivity contribution in [3.63, 3.8) is 0 Å². The largest absolute Gasteiger partial charge is 0.324 e. The Hall–Kier alpha value is -1.33. The number of aromatic nitrogens is 3. The molecule has 108 valence electrons. The van der Waals surface area contributed by atoms with Crippen LogP contribution in [0.1, 0.15) is 44.2 Å². The molecule has 1 aromatic heterocycles. The molecule has 5 heteroatoms. The normalized spacial score (nSPS) is 12.8. The van der Waals surface area contributed by atoms with E-state index in [1.165, 1.54) is 4.90 Å². The summed E-state index contributed by atoms with van der Waals surface area (Å²) in [6.45, 7) is 6.35. The van der Waals surface area contributed by atoms with Gasteiger partial charge >= 0.3 is 0 Å². The predicted octanol–water partition coefficient (Wildman–Crippen LogP) is 3.21. The van der Waals surface area contributed by atoms with Gasteiger partial charge in [-0.15, -0.1) is 11.8 Å². The van der Waals surface area contributed by atoms with Crippen molar-refractivity contribution in [1.29, 1.82) is 0 Å². The second-order valence-corrected chi connectivity index (χ2v) is 6.36. The van der Waals surface area contributed by atoms with E-state index >= 15 is 0 Å². The van der Waals surface area contributed by atoms with Gasteiger partial charge < -0.3 is 5.73 Å². The van der Waals surface area contributed by atoms with Gasteiger partial charge in [-0.05, 0) is 37.3 Å². The quantitative estimate of drug-likeness (QED) is 0.830. The van der Waals surface area contributed by atoms with E-state index < -0.39 is 0 Å². The van der Waals surface area contributed by atoms with E-state index in [-0.39, 0.29) is 6.04 Å². The molecule has 2 N–H and O–H groups in total. The summed E-state index contributed by atoms with van der Waals surface area (Å²) in [4.78, 5) is 5.60. The predicted molar refractivity (Wildman–Crippen MR) is 83.9 cm³/mol. The summed E-state index contributed by atoms with van der Waals surface area (Å²) in [5.41, 5.74) is 7.43. The molecule has 2 aromatic rings. The third-order valence-corrected chi connectivity index (χ3v) is 4.05. The van der Waals surface area contributed by atoms with Gasteiger partial charge in [0.05, 0.1) is 0 Å². The summed E-state index contributed by atoms with van der Waals surface area (Å²) in [6.07, 6.45) is 2.31. The Labute approximate surface area is 124 Å². The average Bonchev–Trinajstić information content (AvgIpc) is 2.88. The van der Waals surface area contributed by atoms with Crippen LogP contribution >= 0.6 is 11.8 Å². The first-order valence-corrected chi connectivity index (χ1v) is 7.97. The van der Waals surface area contributed by atoms with Crippen molar-refractivity contribution >= 4 is 11.8 Å². The molecule has 0 bridgehead atoms. The van der Waals surface area contributed by atoms with E-state index in [4.69, 9.17) is 5.73 Å². The monoisotopic (exact) mass is 290 g/mol. The molecular formula is C15H22N4S. The Morgan fingerprint density at radius 1 is 1.25 bits per heavy atom. The highest BCUT2D eigenvalue weighted by Gasteiger charge is 2.13. The lowest BCUT2D eigenvalue weighted by atomic mass is 10.0. The lowest BCUT2D eigenvalue weighted by Crippen LogP contribution is -2.18. The Morgan fingerprint density at radius 3 is 2.55 bits per heavy atom. The zero-order valence-electron chi connectivity index (χ0n) is 12.3. The van der Waals surface area contributed by atoms with Gasteiger partial charge in [0.1, 0.15) is 12.2 Å². The number of hydrogen-bond donors (Lipinski definition) is 1. The molecule has 1 aromatic carbocycles. The maximum atomic E-state index is 6.29. The minimum absolute atomic E-state index is 0.0441. The van der Waals surface area contributed by atoms with Crippen molar-refractivity contribution in [2.75, 3.05) is 5.75 Å². The second-order valence-electron chi connectivity index (χ2n) is 5.03. The highest BCUT2D eigenvalue weighted by atomic mass is 32.2. The van der Waals surface area contributed by atoms with Gasteiger partial charge in [-0.25, -0.2) is 9.67 Å². The fraction of sp³-hybridized carbons (Fsp3) is 0.467. The SMILES string of the molecule is CCSc1ccc(C(N)Cc2ncnn2C(C)C)cc1. The fourth-order valence-electron chi connectivity index (χ4n) is 2.14. The molecule has 1 atom stereocenters. The highest BCUT2D eigenvalue weighted by molar-refractivity contribution is 7.99. The smallest absolute Gasteiger partial charge is 0.138 e. The Balaban J connectivity index is 2.07. The molecule has 0 aliphatic carbocycles. The van der Waals surface area contributed by atoms with Crippen molar-refractivity contribution < 1.29 is 0 Å². The standard InChI is InChI=1S/C15H22N4S/c1-4-20-13-7-5-12(6-8-13)14(16)9-15-17-10-18-19(15)11(2)3/h5-8,10-11,14H,4,9,16H2,1-3H3. The molecule has 2 rings (SSSR count). The molecule has 0 saturated heterocycles.